The SMILES string of the molecule is CC1(C)COC(=O)C1CC(=O)c1ccc(Br)cc1. The Kier molecular flexibility index (Phi) is 3.57. The summed E-state index contributed by atoms with van der Waals surface area (Å²) in [6.45, 7) is 4.30. The molecule has 1 fully saturated rings. The normalized spacial score (nSPS) is 21.7. The van der Waals surface area contributed by atoms with Crippen LogP contribution in [0.2, 0.25) is 0 Å². The maximum absolute atomic E-state index is 12.1. The summed E-state index contributed by atoms with van der Waals surface area (Å²) < 4.78 is 5.97. The van der Waals surface area contributed by atoms with E-state index < -0.39 is 0 Å². The van der Waals surface area contributed by atoms with Gasteiger partial charge < -0.3 is 4.74 Å². The lowest BCUT2D eigenvalue weighted by Gasteiger charge is -2.20. The van der Waals surface area contributed by atoms with Crippen molar-refractivity contribution in [3.63, 3.8) is 0 Å². The van der Waals surface area contributed by atoms with Crippen LogP contribution in [0.4, 0.5) is 0 Å². The lowest BCUT2D eigenvalue weighted by molar-refractivity contribution is -0.141. The average molecular weight is 311 g/mol. The summed E-state index contributed by atoms with van der Waals surface area (Å²) in [7, 11) is 0. The van der Waals surface area contributed by atoms with Gasteiger partial charge in [0.25, 0.3) is 0 Å². The summed E-state index contributed by atoms with van der Waals surface area (Å²) in [5.41, 5.74) is 0.371. The van der Waals surface area contributed by atoms with E-state index >= 15 is 0 Å². The van der Waals surface area contributed by atoms with Crippen LogP contribution in [0, 0.1) is 11.3 Å². The number of ether oxygens (including phenoxy) is 1. The molecule has 1 aromatic carbocycles. The van der Waals surface area contributed by atoms with Crippen LogP contribution in [0.3, 0.4) is 0 Å². The molecular formula is C14H15BrO3. The van der Waals surface area contributed by atoms with Gasteiger partial charge in [-0.2, -0.15) is 0 Å². The third-order valence-electron chi connectivity index (χ3n) is 3.37. The summed E-state index contributed by atoms with van der Waals surface area (Å²) >= 11 is 3.32. The van der Waals surface area contributed by atoms with Crippen LogP contribution in [0.1, 0.15) is 30.6 Å². The molecule has 1 atom stereocenters. The summed E-state index contributed by atoms with van der Waals surface area (Å²) in [4.78, 5) is 23.8. The smallest absolute Gasteiger partial charge is 0.310 e. The fourth-order valence-corrected chi connectivity index (χ4v) is 2.34. The van der Waals surface area contributed by atoms with E-state index in [1.54, 1.807) is 12.1 Å². The first-order valence-electron chi connectivity index (χ1n) is 5.85. The van der Waals surface area contributed by atoms with Gasteiger partial charge in [0.2, 0.25) is 0 Å². The van der Waals surface area contributed by atoms with Crippen LogP contribution >= 0.6 is 15.9 Å². The Morgan fingerprint density at radius 2 is 2.00 bits per heavy atom. The fraction of sp³-hybridized carbons (Fsp3) is 0.429. The molecule has 1 aromatic rings. The third kappa shape index (κ3) is 2.64. The van der Waals surface area contributed by atoms with E-state index in [1.807, 2.05) is 26.0 Å². The van der Waals surface area contributed by atoms with Crippen molar-refractivity contribution in [2.45, 2.75) is 20.3 Å². The van der Waals surface area contributed by atoms with Crippen LogP contribution in [-0.4, -0.2) is 18.4 Å². The summed E-state index contributed by atoms with van der Waals surface area (Å²) in [5, 5.41) is 0. The quantitative estimate of drug-likeness (QED) is 0.636. The van der Waals surface area contributed by atoms with Gasteiger partial charge in [0.05, 0.1) is 12.5 Å². The van der Waals surface area contributed by atoms with Crippen LogP contribution in [-0.2, 0) is 9.53 Å². The maximum Gasteiger partial charge on any atom is 0.310 e. The number of hydrogen-bond acceptors (Lipinski definition) is 3. The average Bonchev–Trinajstić information content (AvgIpc) is 2.57. The molecule has 3 nitrogen and oxygen atoms in total. The standard InChI is InChI=1S/C14H15BrO3/c1-14(2)8-18-13(17)11(14)7-12(16)9-3-5-10(15)6-4-9/h3-6,11H,7-8H2,1-2H3. The second kappa shape index (κ2) is 4.84. The van der Waals surface area contributed by atoms with Gasteiger partial charge in [-0.15, -0.1) is 0 Å². The number of halogens is 1. The van der Waals surface area contributed by atoms with Crippen molar-refractivity contribution in [1.29, 1.82) is 0 Å². The number of Topliss-reactive ketones (excluding diaryl/α,β-unsaturated/α-hetero) is 1. The molecule has 0 radical (unpaired) electrons. The van der Waals surface area contributed by atoms with Crippen molar-refractivity contribution in [3.8, 4) is 0 Å². The zero-order valence-electron chi connectivity index (χ0n) is 10.4. The van der Waals surface area contributed by atoms with E-state index in [4.69, 9.17) is 4.74 Å². The van der Waals surface area contributed by atoms with Gasteiger partial charge in [-0.1, -0.05) is 41.9 Å². The maximum atomic E-state index is 12.1. The molecule has 1 aliphatic rings. The molecule has 0 bridgehead atoms. The van der Waals surface area contributed by atoms with Crippen molar-refractivity contribution in [2.24, 2.45) is 11.3 Å². The first-order valence-corrected chi connectivity index (χ1v) is 6.65. The molecule has 96 valence electrons. The zero-order chi connectivity index (χ0) is 13.3. The molecule has 1 unspecified atom stereocenters. The molecule has 2 rings (SSSR count). The van der Waals surface area contributed by atoms with Crippen molar-refractivity contribution in [2.75, 3.05) is 6.61 Å². The van der Waals surface area contributed by atoms with Gasteiger partial charge in [0.15, 0.2) is 5.78 Å². The topological polar surface area (TPSA) is 43.4 Å². The minimum Gasteiger partial charge on any atom is -0.465 e. The minimum absolute atomic E-state index is 0.0144. The molecule has 1 saturated heterocycles. The lowest BCUT2D eigenvalue weighted by atomic mass is 9.78. The zero-order valence-corrected chi connectivity index (χ0v) is 12.0. The first-order chi connectivity index (χ1) is 8.40. The van der Waals surface area contributed by atoms with E-state index in [-0.39, 0.29) is 29.5 Å². The van der Waals surface area contributed by atoms with E-state index in [0.29, 0.717) is 12.2 Å². The van der Waals surface area contributed by atoms with Gasteiger partial charge in [-0.25, -0.2) is 0 Å². The summed E-state index contributed by atoms with van der Waals surface area (Å²) in [6, 6.07) is 7.18. The van der Waals surface area contributed by atoms with E-state index in [2.05, 4.69) is 15.9 Å². The highest BCUT2D eigenvalue weighted by Crippen LogP contribution is 2.37. The van der Waals surface area contributed by atoms with Crippen molar-refractivity contribution >= 4 is 27.7 Å². The molecule has 1 heterocycles. The number of benzene rings is 1. The first kappa shape index (κ1) is 13.3. The number of hydrogen-bond donors (Lipinski definition) is 0. The van der Waals surface area contributed by atoms with Crippen molar-refractivity contribution in [3.05, 3.63) is 34.3 Å². The van der Waals surface area contributed by atoms with Gasteiger partial charge in [0.1, 0.15) is 0 Å². The Balaban J connectivity index is 2.12. The Hall–Kier alpha value is -1.16. The third-order valence-corrected chi connectivity index (χ3v) is 3.90. The van der Waals surface area contributed by atoms with Crippen LogP contribution in [0.5, 0.6) is 0 Å². The highest BCUT2D eigenvalue weighted by molar-refractivity contribution is 9.10. The molecule has 4 heteroatoms. The monoisotopic (exact) mass is 310 g/mol. The van der Waals surface area contributed by atoms with Gasteiger partial charge in [-0.05, 0) is 12.1 Å². The second-order valence-electron chi connectivity index (χ2n) is 5.28. The Labute approximate surface area is 115 Å². The molecule has 1 aliphatic heterocycles. The van der Waals surface area contributed by atoms with Crippen molar-refractivity contribution < 1.29 is 14.3 Å². The second-order valence-corrected chi connectivity index (χ2v) is 6.20. The Morgan fingerprint density at radius 1 is 1.39 bits per heavy atom. The Morgan fingerprint density at radius 3 is 2.50 bits per heavy atom. The number of rotatable bonds is 3. The predicted octanol–water partition coefficient (Wildman–Crippen LogP) is 3.22. The highest BCUT2D eigenvalue weighted by Gasteiger charge is 2.44. The van der Waals surface area contributed by atoms with E-state index in [0.717, 1.165) is 4.47 Å². The largest absolute Gasteiger partial charge is 0.465 e. The predicted molar refractivity (Wildman–Crippen MR) is 71.3 cm³/mol. The van der Waals surface area contributed by atoms with Gasteiger partial charge in [0, 0.05) is 21.9 Å². The van der Waals surface area contributed by atoms with Crippen molar-refractivity contribution in [1.82, 2.24) is 0 Å². The molecule has 0 aromatic heterocycles. The Bertz CT molecular complexity index is 476. The molecule has 0 N–H and O–H groups in total. The number of esters is 1. The van der Waals surface area contributed by atoms with Crippen LogP contribution in [0.15, 0.2) is 28.7 Å². The molecule has 0 aliphatic carbocycles. The number of cyclic esters (lactones) is 1. The molecule has 0 spiro atoms. The highest BCUT2D eigenvalue weighted by atomic mass is 79.9. The minimum atomic E-state index is -0.339. The van der Waals surface area contributed by atoms with E-state index in [9.17, 15) is 9.59 Å². The van der Waals surface area contributed by atoms with Crippen LogP contribution < -0.4 is 0 Å². The van der Waals surface area contributed by atoms with E-state index in [1.165, 1.54) is 0 Å². The molecule has 18 heavy (non-hydrogen) atoms. The number of ketones is 1. The summed E-state index contributed by atoms with van der Waals surface area (Å²) in [6.07, 6.45) is 0.216. The summed E-state index contributed by atoms with van der Waals surface area (Å²) in [5.74, 6) is -0.612. The molecule has 0 amide bonds. The van der Waals surface area contributed by atoms with Crippen LogP contribution in [0.25, 0.3) is 0 Å². The fourth-order valence-electron chi connectivity index (χ4n) is 2.08. The molecular weight excluding hydrogens is 296 g/mol. The number of carbonyl (C=O) groups excluding carboxylic acids is 2. The molecule has 0 saturated carbocycles. The lowest BCUT2D eigenvalue weighted by Crippen LogP contribution is -2.26. The number of carbonyl (C=O) groups is 2. The van der Waals surface area contributed by atoms with Gasteiger partial charge >= 0.3 is 5.97 Å². The van der Waals surface area contributed by atoms with Gasteiger partial charge in [-0.3, -0.25) is 9.59 Å².